The molecule has 5 heteroatoms. The minimum atomic E-state index is -0.581. The molecular weight excluding hydrogens is 248 g/mol. The maximum atomic E-state index is 11.9. The van der Waals surface area contributed by atoms with Crippen LogP contribution in [0, 0.1) is 0 Å². The second-order valence-electron chi connectivity index (χ2n) is 3.96. The van der Waals surface area contributed by atoms with Gasteiger partial charge < -0.3 is 14.2 Å². The van der Waals surface area contributed by atoms with Gasteiger partial charge >= 0.3 is 11.9 Å². The molecule has 0 radical (unpaired) electrons. The molecule has 0 unspecified atom stereocenters. The molecule has 2 atom stereocenters. The summed E-state index contributed by atoms with van der Waals surface area (Å²) in [7, 11) is 0. The van der Waals surface area contributed by atoms with Crippen LogP contribution in [0.3, 0.4) is 0 Å². The third kappa shape index (κ3) is 2.51. The van der Waals surface area contributed by atoms with Gasteiger partial charge in [-0.1, -0.05) is 37.5 Å². The molecule has 100 valence electrons. The third-order valence-electron chi connectivity index (χ3n) is 2.72. The molecule has 0 N–H and O–H groups in total. The van der Waals surface area contributed by atoms with Crippen molar-refractivity contribution in [3.8, 4) is 0 Å². The molecule has 0 spiro atoms. The Kier molecular flexibility index (Phi) is 3.97. The number of carbonyl (C=O) groups is 2. The zero-order valence-corrected chi connectivity index (χ0v) is 10.3. The lowest BCUT2D eigenvalue weighted by molar-refractivity contribution is -0.141. The molecule has 0 saturated heterocycles. The highest BCUT2D eigenvalue weighted by Crippen LogP contribution is 2.35. The van der Waals surface area contributed by atoms with Gasteiger partial charge in [0.1, 0.15) is 25.4 Å². The van der Waals surface area contributed by atoms with Gasteiger partial charge in [-0.05, 0) is 0 Å². The Morgan fingerprint density at radius 2 is 1.47 bits per heavy atom. The molecule has 19 heavy (non-hydrogen) atoms. The van der Waals surface area contributed by atoms with Crippen LogP contribution in [0.25, 0.3) is 0 Å². The van der Waals surface area contributed by atoms with Crippen LogP contribution in [0.5, 0.6) is 0 Å². The van der Waals surface area contributed by atoms with Gasteiger partial charge in [0.2, 0.25) is 0 Å². The number of ether oxygens (including phenoxy) is 3. The van der Waals surface area contributed by atoms with Gasteiger partial charge in [-0.3, -0.25) is 0 Å². The Morgan fingerprint density at radius 3 is 1.84 bits per heavy atom. The standard InChI is InChI=1S/C14H14O5/c1-3-7-17-13(15)11-9-5-6-10(19-9)12(11)14(16)18-8-4-2/h3-6,9-10H,1-2,7-8H2/t9-,10+. The minimum absolute atomic E-state index is 0.0818. The minimum Gasteiger partial charge on any atom is -0.458 e. The van der Waals surface area contributed by atoms with Gasteiger partial charge in [-0.25, -0.2) is 9.59 Å². The van der Waals surface area contributed by atoms with Crippen LogP contribution in [0.4, 0.5) is 0 Å². The molecule has 0 saturated carbocycles. The van der Waals surface area contributed by atoms with E-state index in [1.807, 2.05) is 0 Å². The van der Waals surface area contributed by atoms with Crippen LogP contribution in [0.1, 0.15) is 0 Å². The lowest BCUT2D eigenvalue weighted by Gasteiger charge is -2.11. The first kappa shape index (κ1) is 13.3. The average molecular weight is 262 g/mol. The van der Waals surface area contributed by atoms with Crippen molar-refractivity contribution in [3.63, 3.8) is 0 Å². The van der Waals surface area contributed by atoms with Crippen molar-refractivity contribution < 1.29 is 23.8 Å². The smallest absolute Gasteiger partial charge is 0.337 e. The van der Waals surface area contributed by atoms with Crippen LogP contribution in [0.2, 0.25) is 0 Å². The molecule has 0 aliphatic carbocycles. The topological polar surface area (TPSA) is 61.8 Å². The Morgan fingerprint density at radius 1 is 1.05 bits per heavy atom. The number of hydrogen-bond acceptors (Lipinski definition) is 5. The summed E-state index contributed by atoms with van der Waals surface area (Å²) in [6, 6.07) is 0. The number of carbonyl (C=O) groups excluding carboxylic acids is 2. The number of rotatable bonds is 6. The quantitative estimate of drug-likeness (QED) is 0.529. The summed E-state index contributed by atoms with van der Waals surface area (Å²) >= 11 is 0. The molecule has 0 aromatic carbocycles. The molecule has 0 amide bonds. The fraction of sp³-hybridized carbons (Fsp3) is 0.286. The highest BCUT2D eigenvalue weighted by Gasteiger charge is 2.44. The normalized spacial score (nSPS) is 23.4. The Hall–Kier alpha value is -2.14. The van der Waals surface area contributed by atoms with E-state index in [2.05, 4.69) is 13.2 Å². The van der Waals surface area contributed by atoms with E-state index in [4.69, 9.17) is 14.2 Å². The van der Waals surface area contributed by atoms with Crippen molar-refractivity contribution >= 4 is 11.9 Å². The van der Waals surface area contributed by atoms with E-state index in [0.717, 1.165) is 0 Å². The first-order valence-corrected chi connectivity index (χ1v) is 5.83. The van der Waals surface area contributed by atoms with E-state index in [1.165, 1.54) is 12.2 Å². The molecule has 2 heterocycles. The molecule has 0 fully saturated rings. The SMILES string of the molecule is C=CCOC(=O)C1=C(C(=O)OCC=C)[C@H]2C=C[C@@H]1O2. The highest BCUT2D eigenvalue weighted by atomic mass is 16.6. The molecule has 2 aliphatic rings. The maximum absolute atomic E-state index is 11.9. The molecule has 2 bridgehead atoms. The van der Waals surface area contributed by atoms with Crippen LogP contribution in [-0.2, 0) is 23.8 Å². The second-order valence-corrected chi connectivity index (χ2v) is 3.96. The summed E-state index contributed by atoms with van der Waals surface area (Å²) in [4.78, 5) is 23.8. The summed E-state index contributed by atoms with van der Waals surface area (Å²) in [6.07, 6.45) is 5.29. The van der Waals surface area contributed by atoms with E-state index >= 15 is 0 Å². The number of fused-ring (bicyclic) bond motifs is 2. The first-order valence-electron chi connectivity index (χ1n) is 5.83. The van der Waals surface area contributed by atoms with Gasteiger partial charge in [-0.15, -0.1) is 0 Å². The largest absolute Gasteiger partial charge is 0.458 e. The van der Waals surface area contributed by atoms with E-state index in [9.17, 15) is 9.59 Å². The second kappa shape index (κ2) is 5.67. The highest BCUT2D eigenvalue weighted by molar-refractivity contribution is 6.04. The van der Waals surface area contributed by atoms with Gasteiger partial charge in [0.25, 0.3) is 0 Å². The molecule has 0 aromatic heterocycles. The summed E-state index contributed by atoms with van der Waals surface area (Å²) in [5.74, 6) is -1.16. The lowest BCUT2D eigenvalue weighted by Crippen LogP contribution is -2.22. The van der Waals surface area contributed by atoms with Crippen molar-refractivity contribution in [1.82, 2.24) is 0 Å². The van der Waals surface area contributed by atoms with Crippen LogP contribution in [0.15, 0.2) is 48.6 Å². The van der Waals surface area contributed by atoms with Crippen molar-refractivity contribution in [2.45, 2.75) is 12.2 Å². The summed E-state index contributed by atoms with van der Waals surface area (Å²) < 4.78 is 15.4. The van der Waals surface area contributed by atoms with E-state index in [0.29, 0.717) is 0 Å². The van der Waals surface area contributed by atoms with Crippen molar-refractivity contribution in [1.29, 1.82) is 0 Å². The first-order chi connectivity index (χ1) is 9.19. The van der Waals surface area contributed by atoms with Crippen LogP contribution in [-0.4, -0.2) is 37.4 Å². The van der Waals surface area contributed by atoms with Crippen LogP contribution >= 0.6 is 0 Å². The fourth-order valence-corrected chi connectivity index (χ4v) is 1.96. The van der Waals surface area contributed by atoms with Gasteiger partial charge in [0, 0.05) is 0 Å². The van der Waals surface area contributed by atoms with Gasteiger partial charge in [-0.2, -0.15) is 0 Å². The molecule has 2 rings (SSSR count). The van der Waals surface area contributed by atoms with Gasteiger partial charge in [0.05, 0.1) is 11.1 Å². The summed E-state index contributed by atoms with van der Waals surface area (Å²) in [5.41, 5.74) is 0.423. The molecule has 2 aliphatic heterocycles. The van der Waals surface area contributed by atoms with Crippen molar-refractivity contribution in [2.24, 2.45) is 0 Å². The average Bonchev–Trinajstić information content (AvgIpc) is 3.02. The Balaban J connectivity index is 2.20. The Labute approximate surface area is 110 Å². The molecule has 5 nitrogen and oxygen atoms in total. The monoisotopic (exact) mass is 262 g/mol. The lowest BCUT2D eigenvalue weighted by atomic mass is 9.97. The number of esters is 2. The molecular formula is C14H14O5. The predicted octanol–water partition coefficient (Wildman–Crippen LogP) is 1.08. The number of hydrogen-bond donors (Lipinski definition) is 0. The van der Waals surface area contributed by atoms with Crippen LogP contribution < -0.4 is 0 Å². The maximum Gasteiger partial charge on any atom is 0.337 e. The van der Waals surface area contributed by atoms with Crippen molar-refractivity contribution in [3.05, 3.63) is 48.6 Å². The molecule has 0 aromatic rings. The van der Waals surface area contributed by atoms with E-state index in [1.54, 1.807) is 12.2 Å². The van der Waals surface area contributed by atoms with E-state index < -0.39 is 24.1 Å². The Bertz CT molecular complexity index is 444. The zero-order valence-electron chi connectivity index (χ0n) is 10.3. The van der Waals surface area contributed by atoms with E-state index in [-0.39, 0.29) is 24.4 Å². The predicted molar refractivity (Wildman–Crippen MR) is 67.1 cm³/mol. The van der Waals surface area contributed by atoms with Crippen molar-refractivity contribution in [2.75, 3.05) is 13.2 Å². The summed E-state index contributed by atoms with van der Waals surface area (Å²) in [5, 5.41) is 0. The third-order valence-corrected chi connectivity index (χ3v) is 2.72. The van der Waals surface area contributed by atoms with Gasteiger partial charge in [0.15, 0.2) is 0 Å². The summed E-state index contributed by atoms with van der Waals surface area (Å²) in [6.45, 7) is 7.08. The zero-order chi connectivity index (χ0) is 13.8. The fourth-order valence-electron chi connectivity index (χ4n) is 1.96.